The van der Waals surface area contributed by atoms with Gasteiger partial charge in [0.15, 0.2) is 5.16 Å². The number of fused-ring (bicyclic) bond motifs is 1. The van der Waals surface area contributed by atoms with E-state index in [2.05, 4.69) is 17.2 Å². The minimum absolute atomic E-state index is 0.0434. The highest BCUT2D eigenvalue weighted by Gasteiger charge is 2.17. The molecule has 0 bridgehead atoms. The number of aromatic amines is 1. The maximum absolute atomic E-state index is 13.1. The first-order chi connectivity index (χ1) is 14.0. The lowest BCUT2D eigenvalue weighted by atomic mass is 10.1. The van der Waals surface area contributed by atoms with E-state index in [4.69, 9.17) is 4.98 Å². The minimum atomic E-state index is -0.0875. The molecule has 2 N–H and O–H groups in total. The second kappa shape index (κ2) is 9.78. The molecule has 0 aliphatic carbocycles. The predicted octanol–water partition coefficient (Wildman–Crippen LogP) is 4.20. The molecule has 0 unspecified atom stereocenters. The van der Waals surface area contributed by atoms with Crippen LogP contribution in [0.25, 0.3) is 22.2 Å². The normalized spacial score (nSPS) is 12.2. The number of aromatic nitrogens is 3. The van der Waals surface area contributed by atoms with Gasteiger partial charge in [0.2, 0.25) is 5.91 Å². The van der Waals surface area contributed by atoms with Crippen LogP contribution in [0.3, 0.4) is 0 Å². The van der Waals surface area contributed by atoms with E-state index in [0.717, 1.165) is 30.4 Å². The first kappa shape index (κ1) is 21.2. The van der Waals surface area contributed by atoms with Crippen LogP contribution in [0.4, 0.5) is 0 Å². The highest BCUT2D eigenvalue weighted by molar-refractivity contribution is 7.99. The van der Waals surface area contributed by atoms with Gasteiger partial charge in [-0.15, -0.1) is 0 Å². The third-order valence-corrected chi connectivity index (χ3v) is 5.90. The molecule has 7 heteroatoms. The molecule has 2 heterocycles. The summed E-state index contributed by atoms with van der Waals surface area (Å²) in [6, 6.07) is 10.0. The zero-order chi connectivity index (χ0) is 20.8. The molecular formula is C22H28N4O2S. The summed E-state index contributed by atoms with van der Waals surface area (Å²) in [5.74, 6) is 0.192. The summed E-state index contributed by atoms with van der Waals surface area (Å²) >= 11 is 1.32. The molecule has 3 aromatic rings. The summed E-state index contributed by atoms with van der Waals surface area (Å²) < 4.78 is 1.69. The van der Waals surface area contributed by atoms with E-state index in [1.165, 1.54) is 11.8 Å². The standard InChI is InChI=1S/C22H28N4O2S/c1-4-6-12-26-21(28)20-19(17(13-23-20)16-10-8-7-9-11-16)25-22(26)29-14-18(27)24-15(3)5-2/h7-11,13,15,23H,4-6,12,14H2,1-3H3,(H,24,27)/t15-/m0/s1. The Balaban J connectivity index is 1.99. The van der Waals surface area contributed by atoms with E-state index in [9.17, 15) is 9.59 Å². The summed E-state index contributed by atoms with van der Waals surface area (Å²) in [4.78, 5) is 33.3. The van der Waals surface area contributed by atoms with Crippen molar-refractivity contribution in [3.63, 3.8) is 0 Å². The van der Waals surface area contributed by atoms with Crippen LogP contribution in [0.2, 0.25) is 0 Å². The monoisotopic (exact) mass is 412 g/mol. The van der Waals surface area contributed by atoms with Gasteiger partial charge in [-0.25, -0.2) is 4.98 Å². The lowest BCUT2D eigenvalue weighted by Crippen LogP contribution is -2.33. The SMILES string of the molecule is CCCCn1c(SCC(=O)N[C@@H](C)CC)nc2c(-c3ccccc3)c[nH]c2c1=O. The highest BCUT2D eigenvalue weighted by Crippen LogP contribution is 2.27. The fraction of sp³-hybridized carbons (Fsp3) is 0.409. The molecule has 2 aromatic heterocycles. The van der Waals surface area contributed by atoms with E-state index in [1.54, 1.807) is 4.57 Å². The van der Waals surface area contributed by atoms with Gasteiger partial charge >= 0.3 is 0 Å². The maximum atomic E-state index is 13.1. The fourth-order valence-corrected chi connectivity index (χ4v) is 3.91. The molecule has 0 aliphatic rings. The van der Waals surface area contributed by atoms with Crippen molar-refractivity contribution in [2.75, 3.05) is 5.75 Å². The number of unbranched alkanes of at least 4 members (excludes halogenated alkanes) is 1. The average Bonchev–Trinajstić information content (AvgIpc) is 3.16. The van der Waals surface area contributed by atoms with Gasteiger partial charge in [-0.1, -0.05) is 62.4 Å². The number of nitrogens with one attached hydrogen (secondary N) is 2. The molecule has 1 aromatic carbocycles. The zero-order valence-corrected chi connectivity index (χ0v) is 18.0. The number of benzene rings is 1. The predicted molar refractivity (Wildman–Crippen MR) is 119 cm³/mol. The second-order valence-corrected chi connectivity index (χ2v) is 8.10. The fourth-order valence-electron chi connectivity index (χ4n) is 3.08. The van der Waals surface area contributed by atoms with Crippen LogP contribution in [0.5, 0.6) is 0 Å². The van der Waals surface area contributed by atoms with Crippen LogP contribution >= 0.6 is 11.8 Å². The Labute approximate surface area is 175 Å². The van der Waals surface area contributed by atoms with Crippen molar-refractivity contribution < 1.29 is 4.79 Å². The summed E-state index contributed by atoms with van der Waals surface area (Å²) in [6.45, 7) is 6.70. The highest BCUT2D eigenvalue weighted by atomic mass is 32.2. The van der Waals surface area contributed by atoms with Crippen molar-refractivity contribution in [1.82, 2.24) is 19.9 Å². The number of H-pyrrole nitrogens is 1. The Bertz CT molecular complexity index is 1030. The number of carbonyl (C=O) groups excluding carboxylic acids is 1. The molecule has 0 radical (unpaired) electrons. The topological polar surface area (TPSA) is 79.8 Å². The molecule has 0 fully saturated rings. The van der Waals surface area contributed by atoms with Crippen LogP contribution in [0.1, 0.15) is 40.0 Å². The molecular weight excluding hydrogens is 384 g/mol. The van der Waals surface area contributed by atoms with E-state index < -0.39 is 0 Å². The molecule has 0 spiro atoms. The van der Waals surface area contributed by atoms with Gasteiger partial charge in [0.25, 0.3) is 5.56 Å². The lowest BCUT2D eigenvalue weighted by Gasteiger charge is -2.13. The van der Waals surface area contributed by atoms with Crippen LogP contribution in [-0.4, -0.2) is 32.2 Å². The largest absolute Gasteiger partial charge is 0.355 e. The third kappa shape index (κ3) is 4.90. The van der Waals surface area contributed by atoms with Crippen LogP contribution in [-0.2, 0) is 11.3 Å². The van der Waals surface area contributed by atoms with Crippen molar-refractivity contribution in [3.8, 4) is 11.1 Å². The molecule has 1 atom stereocenters. The van der Waals surface area contributed by atoms with Gasteiger partial charge in [0.05, 0.1) is 5.75 Å². The van der Waals surface area contributed by atoms with Crippen molar-refractivity contribution in [3.05, 3.63) is 46.9 Å². The van der Waals surface area contributed by atoms with E-state index in [-0.39, 0.29) is 23.3 Å². The van der Waals surface area contributed by atoms with Crippen molar-refractivity contribution >= 4 is 28.7 Å². The maximum Gasteiger partial charge on any atom is 0.278 e. The molecule has 0 saturated carbocycles. The number of hydrogen-bond acceptors (Lipinski definition) is 4. The van der Waals surface area contributed by atoms with E-state index in [0.29, 0.717) is 22.7 Å². The first-order valence-corrected chi connectivity index (χ1v) is 11.1. The molecule has 1 amide bonds. The quantitative estimate of drug-likeness (QED) is 0.408. The lowest BCUT2D eigenvalue weighted by molar-refractivity contribution is -0.119. The number of carbonyl (C=O) groups is 1. The second-order valence-electron chi connectivity index (χ2n) is 7.16. The smallest absolute Gasteiger partial charge is 0.278 e. The van der Waals surface area contributed by atoms with Crippen LogP contribution in [0, 0.1) is 0 Å². The van der Waals surface area contributed by atoms with Crippen molar-refractivity contribution in [2.24, 2.45) is 0 Å². The Morgan fingerprint density at radius 3 is 2.72 bits per heavy atom. The van der Waals surface area contributed by atoms with Gasteiger partial charge in [-0.2, -0.15) is 0 Å². The number of hydrogen-bond donors (Lipinski definition) is 2. The molecule has 0 saturated heterocycles. The molecule has 3 rings (SSSR count). The zero-order valence-electron chi connectivity index (χ0n) is 17.2. The number of amides is 1. The summed E-state index contributed by atoms with van der Waals surface area (Å²) in [5.41, 5.74) is 2.97. The Kier molecular flexibility index (Phi) is 7.14. The van der Waals surface area contributed by atoms with Gasteiger partial charge in [0.1, 0.15) is 11.0 Å². The van der Waals surface area contributed by atoms with E-state index >= 15 is 0 Å². The minimum Gasteiger partial charge on any atom is -0.355 e. The Morgan fingerprint density at radius 2 is 2.03 bits per heavy atom. The van der Waals surface area contributed by atoms with Crippen molar-refractivity contribution in [1.29, 1.82) is 0 Å². The third-order valence-electron chi connectivity index (χ3n) is 4.92. The van der Waals surface area contributed by atoms with Crippen molar-refractivity contribution in [2.45, 2.75) is 57.8 Å². The van der Waals surface area contributed by atoms with Gasteiger partial charge in [0, 0.05) is 24.3 Å². The summed E-state index contributed by atoms with van der Waals surface area (Å²) in [6.07, 6.45) is 4.57. The van der Waals surface area contributed by atoms with Gasteiger partial charge in [-0.3, -0.25) is 14.2 Å². The van der Waals surface area contributed by atoms with Crippen LogP contribution in [0.15, 0.2) is 46.5 Å². The average molecular weight is 413 g/mol. The van der Waals surface area contributed by atoms with E-state index in [1.807, 2.05) is 50.4 Å². The van der Waals surface area contributed by atoms with Gasteiger partial charge in [-0.05, 0) is 25.3 Å². The first-order valence-electron chi connectivity index (χ1n) is 10.1. The van der Waals surface area contributed by atoms with Gasteiger partial charge < -0.3 is 10.3 Å². The summed E-state index contributed by atoms with van der Waals surface area (Å²) in [7, 11) is 0. The van der Waals surface area contributed by atoms with Crippen LogP contribution < -0.4 is 10.9 Å². The Hall–Kier alpha value is -2.54. The number of thioether (sulfide) groups is 1. The summed E-state index contributed by atoms with van der Waals surface area (Å²) in [5, 5.41) is 3.56. The molecule has 154 valence electrons. The molecule has 6 nitrogen and oxygen atoms in total. The number of rotatable bonds is 9. The Morgan fingerprint density at radius 1 is 1.28 bits per heavy atom. The molecule has 0 aliphatic heterocycles. The number of nitrogens with zero attached hydrogens (tertiary/aromatic N) is 2. The molecule has 29 heavy (non-hydrogen) atoms.